The van der Waals surface area contributed by atoms with Crippen molar-refractivity contribution >= 4 is 27.5 Å². The number of nitrogens with zero attached hydrogens (tertiary/aromatic N) is 2. The highest BCUT2D eigenvalue weighted by atomic mass is 32.2. The quantitative estimate of drug-likeness (QED) is 0.649. The Labute approximate surface area is 200 Å². The van der Waals surface area contributed by atoms with Crippen LogP contribution in [0.5, 0.6) is 5.75 Å². The molecule has 0 atom stereocenters. The monoisotopic (exact) mass is 485 g/mol. The van der Waals surface area contributed by atoms with Crippen molar-refractivity contribution in [3.63, 3.8) is 0 Å². The molecule has 0 saturated carbocycles. The second-order valence-electron chi connectivity index (χ2n) is 8.68. The Kier molecular flexibility index (Phi) is 7.53. The predicted octanol–water partition coefficient (Wildman–Crippen LogP) is 3.32. The molecule has 2 saturated heterocycles. The van der Waals surface area contributed by atoms with Gasteiger partial charge in [-0.2, -0.15) is 4.31 Å². The van der Waals surface area contributed by atoms with E-state index in [9.17, 15) is 18.0 Å². The Morgan fingerprint density at radius 2 is 1.68 bits per heavy atom. The molecule has 0 bridgehead atoms. The van der Waals surface area contributed by atoms with Crippen LogP contribution in [-0.4, -0.2) is 51.3 Å². The molecule has 4 rings (SSSR count). The number of methoxy groups -OCH3 is 1. The molecule has 8 nitrogen and oxygen atoms in total. The Morgan fingerprint density at radius 1 is 0.971 bits per heavy atom. The molecular formula is C25H31N3O5S. The van der Waals surface area contributed by atoms with Crippen LogP contribution in [0.3, 0.4) is 0 Å². The molecule has 2 heterocycles. The van der Waals surface area contributed by atoms with Crippen molar-refractivity contribution in [3.05, 3.63) is 53.6 Å². The maximum atomic E-state index is 13.3. The van der Waals surface area contributed by atoms with E-state index in [1.54, 1.807) is 11.0 Å². The van der Waals surface area contributed by atoms with Gasteiger partial charge in [0.1, 0.15) is 10.6 Å². The summed E-state index contributed by atoms with van der Waals surface area (Å²) in [6, 6.07) is 12.0. The van der Waals surface area contributed by atoms with Crippen LogP contribution in [0.15, 0.2) is 47.4 Å². The molecule has 9 heteroatoms. The third kappa shape index (κ3) is 5.26. The number of carbonyl (C=O) groups is 2. The number of nitrogens with one attached hydrogen (secondary N) is 1. The van der Waals surface area contributed by atoms with Gasteiger partial charge in [-0.05, 0) is 55.2 Å². The summed E-state index contributed by atoms with van der Waals surface area (Å²) < 4.78 is 33.5. The first-order valence-corrected chi connectivity index (χ1v) is 13.2. The van der Waals surface area contributed by atoms with Gasteiger partial charge < -0.3 is 15.0 Å². The van der Waals surface area contributed by atoms with Gasteiger partial charge in [0.25, 0.3) is 5.91 Å². The minimum Gasteiger partial charge on any atom is -0.495 e. The molecule has 0 unspecified atom stereocenters. The molecule has 0 aromatic heterocycles. The highest BCUT2D eigenvalue weighted by molar-refractivity contribution is 7.89. The summed E-state index contributed by atoms with van der Waals surface area (Å²) in [6.45, 7) is 1.96. The first-order chi connectivity index (χ1) is 16.4. The Hall–Kier alpha value is -2.91. The Balaban J connectivity index is 1.46. The summed E-state index contributed by atoms with van der Waals surface area (Å²) in [5.74, 6) is -0.00639. The molecule has 182 valence electrons. The van der Waals surface area contributed by atoms with Crippen LogP contribution in [0.4, 0.5) is 5.69 Å². The summed E-state index contributed by atoms with van der Waals surface area (Å²) >= 11 is 0. The second-order valence-corrected chi connectivity index (χ2v) is 10.6. The van der Waals surface area contributed by atoms with Gasteiger partial charge in [-0.3, -0.25) is 9.59 Å². The number of hydrogen-bond donors (Lipinski definition) is 1. The predicted molar refractivity (Wildman–Crippen MR) is 129 cm³/mol. The first kappa shape index (κ1) is 24.2. The third-order valence-corrected chi connectivity index (χ3v) is 8.30. The minimum atomic E-state index is -3.77. The minimum absolute atomic E-state index is 0.0178. The van der Waals surface area contributed by atoms with E-state index in [1.165, 1.54) is 23.5 Å². The van der Waals surface area contributed by atoms with Crippen LogP contribution in [-0.2, 0) is 21.4 Å². The van der Waals surface area contributed by atoms with E-state index in [2.05, 4.69) is 5.32 Å². The standard InChI is InChI=1S/C25H31N3O5S/c1-33-22-13-10-20(17-23(22)34(31,32)27-14-4-2-3-5-15-27)25(30)26-18-19-8-11-21(12-9-19)28-16-6-7-24(28)29/h8-13,17H,2-7,14-16,18H2,1H3,(H,26,30). The summed E-state index contributed by atoms with van der Waals surface area (Å²) in [5, 5.41) is 2.85. The van der Waals surface area contributed by atoms with Gasteiger partial charge in [0.15, 0.2) is 0 Å². The van der Waals surface area contributed by atoms with Crippen LogP contribution in [0.25, 0.3) is 0 Å². The van der Waals surface area contributed by atoms with Gasteiger partial charge in [0.2, 0.25) is 15.9 Å². The summed E-state index contributed by atoms with van der Waals surface area (Å²) in [7, 11) is -2.35. The van der Waals surface area contributed by atoms with Crippen molar-refractivity contribution < 1.29 is 22.7 Å². The molecule has 0 aliphatic carbocycles. The van der Waals surface area contributed by atoms with E-state index >= 15 is 0 Å². The van der Waals surface area contributed by atoms with Gasteiger partial charge in [-0.15, -0.1) is 0 Å². The van der Waals surface area contributed by atoms with Crippen molar-refractivity contribution in [3.8, 4) is 5.75 Å². The second kappa shape index (κ2) is 10.6. The molecule has 0 spiro atoms. The van der Waals surface area contributed by atoms with Crippen molar-refractivity contribution in [1.82, 2.24) is 9.62 Å². The lowest BCUT2D eigenvalue weighted by Crippen LogP contribution is -2.32. The highest BCUT2D eigenvalue weighted by Gasteiger charge is 2.29. The Morgan fingerprint density at radius 3 is 2.29 bits per heavy atom. The van der Waals surface area contributed by atoms with Gasteiger partial charge in [0, 0.05) is 43.9 Å². The van der Waals surface area contributed by atoms with Gasteiger partial charge in [0.05, 0.1) is 7.11 Å². The number of sulfonamides is 1. The van der Waals surface area contributed by atoms with Crippen LogP contribution in [0.2, 0.25) is 0 Å². The number of ether oxygens (including phenoxy) is 1. The van der Waals surface area contributed by atoms with E-state index in [0.29, 0.717) is 19.5 Å². The lowest BCUT2D eigenvalue weighted by molar-refractivity contribution is -0.117. The zero-order chi connectivity index (χ0) is 24.1. The average molecular weight is 486 g/mol. The van der Waals surface area contributed by atoms with E-state index in [1.807, 2.05) is 24.3 Å². The molecule has 2 aromatic carbocycles. The number of benzene rings is 2. The fourth-order valence-corrected chi connectivity index (χ4v) is 6.14. The van der Waals surface area contributed by atoms with Crippen molar-refractivity contribution in [2.75, 3.05) is 31.6 Å². The van der Waals surface area contributed by atoms with Crippen LogP contribution in [0, 0.1) is 0 Å². The number of hydrogen-bond acceptors (Lipinski definition) is 5. The average Bonchev–Trinajstić information content (AvgIpc) is 3.09. The normalized spacial score (nSPS) is 17.4. The van der Waals surface area contributed by atoms with Crippen LogP contribution in [0.1, 0.15) is 54.4 Å². The van der Waals surface area contributed by atoms with E-state index in [4.69, 9.17) is 4.74 Å². The lowest BCUT2D eigenvalue weighted by Gasteiger charge is -2.21. The van der Waals surface area contributed by atoms with E-state index < -0.39 is 10.0 Å². The molecule has 2 aliphatic rings. The lowest BCUT2D eigenvalue weighted by atomic mass is 10.1. The van der Waals surface area contributed by atoms with Gasteiger partial charge in [-0.1, -0.05) is 25.0 Å². The van der Waals surface area contributed by atoms with Crippen molar-refractivity contribution in [2.45, 2.75) is 50.0 Å². The zero-order valence-corrected chi connectivity index (χ0v) is 20.3. The number of carbonyl (C=O) groups excluding carboxylic acids is 2. The summed E-state index contributed by atoms with van der Waals surface area (Å²) in [4.78, 5) is 26.5. The fourth-order valence-electron chi connectivity index (χ4n) is 4.44. The largest absolute Gasteiger partial charge is 0.495 e. The Bertz CT molecular complexity index is 1140. The molecule has 2 amide bonds. The van der Waals surface area contributed by atoms with Gasteiger partial charge >= 0.3 is 0 Å². The molecule has 2 fully saturated rings. The number of anilines is 1. The topological polar surface area (TPSA) is 96.0 Å². The first-order valence-electron chi connectivity index (χ1n) is 11.8. The molecule has 1 N–H and O–H groups in total. The molecule has 0 radical (unpaired) electrons. The smallest absolute Gasteiger partial charge is 0.251 e. The van der Waals surface area contributed by atoms with Crippen molar-refractivity contribution in [1.29, 1.82) is 0 Å². The van der Waals surface area contributed by atoms with Crippen LogP contribution >= 0.6 is 0 Å². The third-order valence-electron chi connectivity index (χ3n) is 6.38. The van der Waals surface area contributed by atoms with Crippen molar-refractivity contribution in [2.24, 2.45) is 0 Å². The molecule has 34 heavy (non-hydrogen) atoms. The number of rotatable bonds is 7. The van der Waals surface area contributed by atoms with E-state index in [-0.39, 0.29) is 34.6 Å². The molecular weight excluding hydrogens is 454 g/mol. The maximum absolute atomic E-state index is 13.3. The number of amides is 2. The summed E-state index contributed by atoms with van der Waals surface area (Å²) in [5.41, 5.74) is 2.00. The van der Waals surface area contributed by atoms with Gasteiger partial charge in [-0.25, -0.2) is 8.42 Å². The fraction of sp³-hybridized carbons (Fsp3) is 0.440. The summed E-state index contributed by atoms with van der Waals surface area (Å²) in [6.07, 6.45) is 5.13. The highest BCUT2D eigenvalue weighted by Crippen LogP contribution is 2.29. The SMILES string of the molecule is COc1ccc(C(=O)NCc2ccc(N3CCCC3=O)cc2)cc1S(=O)(=O)N1CCCCCC1. The maximum Gasteiger partial charge on any atom is 0.251 e. The van der Waals surface area contributed by atoms with Crippen LogP contribution < -0.4 is 15.0 Å². The molecule has 2 aromatic rings. The zero-order valence-electron chi connectivity index (χ0n) is 19.5. The van der Waals surface area contributed by atoms with E-state index in [0.717, 1.165) is 49.9 Å². The molecule has 2 aliphatic heterocycles.